The Hall–Kier alpha value is -2.02. The molecule has 154 valence electrons. The summed E-state index contributed by atoms with van der Waals surface area (Å²) in [6.45, 7) is 2.08. The van der Waals surface area contributed by atoms with Gasteiger partial charge in [0, 0.05) is 31.0 Å². The third-order valence-electron chi connectivity index (χ3n) is 5.36. The molecule has 4 nitrogen and oxygen atoms in total. The number of nitrogens with zero attached hydrogens (tertiary/aromatic N) is 3. The van der Waals surface area contributed by atoms with Crippen molar-refractivity contribution in [3.8, 4) is 5.69 Å². The first-order valence-corrected chi connectivity index (χ1v) is 10.2. The highest BCUT2D eigenvalue weighted by atomic mass is 19.4. The van der Waals surface area contributed by atoms with Crippen LogP contribution >= 0.6 is 0 Å². The minimum absolute atomic E-state index is 0.536. The van der Waals surface area contributed by atoms with Crippen LogP contribution < -0.4 is 10.6 Å². The Morgan fingerprint density at radius 3 is 1.89 bits per heavy atom. The lowest BCUT2D eigenvalue weighted by Crippen LogP contribution is -2.29. The van der Waals surface area contributed by atoms with Gasteiger partial charge in [0.05, 0.1) is 5.69 Å². The lowest BCUT2D eigenvalue weighted by molar-refractivity contribution is -0.141. The van der Waals surface area contributed by atoms with Crippen LogP contribution in [0.25, 0.3) is 5.69 Å². The summed E-state index contributed by atoms with van der Waals surface area (Å²) in [5.41, 5.74) is 6.51. The molecule has 2 heterocycles. The molecule has 2 N–H and O–H groups in total. The number of alkyl halides is 3. The van der Waals surface area contributed by atoms with Crippen LogP contribution in [-0.4, -0.2) is 28.9 Å². The molecule has 4 rings (SSSR count). The molecule has 1 saturated carbocycles. The molecule has 7 heteroatoms. The predicted octanol–water partition coefficient (Wildman–Crippen LogP) is 5.16. The number of piperidine rings is 1. The van der Waals surface area contributed by atoms with Gasteiger partial charge >= 0.3 is 6.18 Å². The van der Waals surface area contributed by atoms with Crippen LogP contribution in [0.15, 0.2) is 36.5 Å². The third kappa shape index (κ3) is 5.74. The number of rotatable bonds is 2. The normalized spacial score (nSPS) is 18.5. The lowest BCUT2D eigenvalue weighted by Gasteiger charge is -2.28. The second-order valence-electron chi connectivity index (χ2n) is 7.61. The van der Waals surface area contributed by atoms with Crippen LogP contribution in [0.1, 0.15) is 57.1 Å². The van der Waals surface area contributed by atoms with Gasteiger partial charge in [0.25, 0.3) is 0 Å². The molecule has 28 heavy (non-hydrogen) atoms. The fraction of sp³-hybridized carbons (Fsp3) is 0.571. The summed E-state index contributed by atoms with van der Waals surface area (Å²) in [4.78, 5) is 2.30. The summed E-state index contributed by atoms with van der Waals surface area (Å²) in [5.74, 6) is 0. The van der Waals surface area contributed by atoms with Crippen molar-refractivity contribution in [3.63, 3.8) is 0 Å². The van der Waals surface area contributed by atoms with Gasteiger partial charge in [0.2, 0.25) is 0 Å². The van der Waals surface area contributed by atoms with Crippen molar-refractivity contribution in [2.45, 2.75) is 63.6 Å². The highest BCUT2D eigenvalue weighted by Crippen LogP contribution is 2.28. The first-order chi connectivity index (χ1) is 13.4. The second kappa shape index (κ2) is 9.45. The number of aromatic nitrogens is 2. The number of benzene rings is 1. The maximum absolute atomic E-state index is 12.5. The van der Waals surface area contributed by atoms with Crippen LogP contribution in [0.4, 0.5) is 18.9 Å². The fourth-order valence-corrected chi connectivity index (χ4v) is 3.72. The van der Waals surface area contributed by atoms with Gasteiger partial charge in [-0.25, -0.2) is 4.68 Å². The smallest absolute Gasteiger partial charge is 0.372 e. The van der Waals surface area contributed by atoms with Crippen molar-refractivity contribution in [1.82, 2.24) is 9.78 Å². The Morgan fingerprint density at radius 2 is 1.39 bits per heavy atom. The number of hydrogen-bond donors (Lipinski definition) is 1. The Bertz CT molecular complexity index is 712. The maximum atomic E-state index is 12.5. The standard InChI is InChI=1S/C15H16F3N3.C6H13N/c16-15(17,18)14-8-11-21(19-14)13-6-4-12(5-7-13)20-9-2-1-3-10-20;7-6-4-2-1-3-5-6/h4-8,11H,1-3,9-10H2;6H,1-5,7H2. The van der Waals surface area contributed by atoms with Crippen molar-refractivity contribution in [1.29, 1.82) is 0 Å². The third-order valence-corrected chi connectivity index (χ3v) is 5.36. The van der Waals surface area contributed by atoms with Gasteiger partial charge < -0.3 is 10.6 Å². The summed E-state index contributed by atoms with van der Waals surface area (Å²) in [5, 5.41) is 3.57. The Kier molecular flexibility index (Phi) is 6.99. The molecule has 0 unspecified atom stereocenters. The molecule has 1 aromatic heterocycles. The van der Waals surface area contributed by atoms with Crippen molar-refractivity contribution >= 4 is 5.69 Å². The zero-order chi connectivity index (χ0) is 20.0. The monoisotopic (exact) mass is 394 g/mol. The summed E-state index contributed by atoms with van der Waals surface area (Å²) in [7, 11) is 0. The van der Waals surface area contributed by atoms with E-state index < -0.39 is 11.9 Å². The molecule has 0 radical (unpaired) electrons. The maximum Gasteiger partial charge on any atom is 0.435 e. The first kappa shape index (κ1) is 20.7. The van der Waals surface area contributed by atoms with E-state index in [0.29, 0.717) is 11.7 Å². The molecule has 0 atom stereocenters. The average molecular weight is 394 g/mol. The molecular weight excluding hydrogens is 365 g/mol. The van der Waals surface area contributed by atoms with Crippen LogP contribution in [0.5, 0.6) is 0 Å². The summed E-state index contributed by atoms with van der Waals surface area (Å²) in [6.07, 6.45) is 7.24. The Labute approximate surface area is 164 Å². The van der Waals surface area contributed by atoms with Gasteiger partial charge in [0.1, 0.15) is 0 Å². The zero-order valence-corrected chi connectivity index (χ0v) is 16.2. The van der Waals surface area contributed by atoms with Crippen molar-refractivity contribution in [2.24, 2.45) is 5.73 Å². The van der Waals surface area contributed by atoms with E-state index in [1.165, 1.54) is 62.2 Å². The van der Waals surface area contributed by atoms with Gasteiger partial charge in [-0.3, -0.25) is 0 Å². The number of halogens is 3. The zero-order valence-electron chi connectivity index (χ0n) is 16.2. The van der Waals surface area contributed by atoms with Crippen LogP contribution in [0.2, 0.25) is 0 Å². The van der Waals surface area contributed by atoms with Gasteiger partial charge in [-0.15, -0.1) is 0 Å². The van der Waals surface area contributed by atoms with Crippen LogP contribution in [0, 0.1) is 0 Å². The van der Waals surface area contributed by atoms with E-state index in [-0.39, 0.29) is 0 Å². The van der Waals surface area contributed by atoms with Crippen LogP contribution in [0.3, 0.4) is 0 Å². The minimum atomic E-state index is -4.40. The van der Waals surface area contributed by atoms with Gasteiger partial charge in [-0.1, -0.05) is 19.3 Å². The molecule has 1 aliphatic heterocycles. The number of nitrogens with two attached hydrogens (primary N) is 1. The van der Waals surface area contributed by atoms with E-state index in [2.05, 4.69) is 10.00 Å². The largest absolute Gasteiger partial charge is 0.435 e. The topological polar surface area (TPSA) is 47.1 Å². The lowest BCUT2D eigenvalue weighted by atomic mass is 9.97. The van der Waals surface area contributed by atoms with Crippen molar-refractivity contribution in [3.05, 3.63) is 42.2 Å². The molecular formula is C21H29F3N4. The van der Waals surface area contributed by atoms with E-state index in [1.807, 2.05) is 12.1 Å². The SMILES string of the molecule is FC(F)(F)c1ccn(-c2ccc(N3CCCCC3)cc2)n1.NC1CCCCC1. The van der Waals surface area contributed by atoms with Crippen molar-refractivity contribution in [2.75, 3.05) is 18.0 Å². The highest BCUT2D eigenvalue weighted by Gasteiger charge is 2.33. The molecule has 2 aromatic rings. The molecule has 1 aromatic carbocycles. The van der Waals surface area contributed by atoms with Gasteiger partial charge in [-0.2, -0.15) is 18.3 Å². The number of hydrogen-bond acceptors (Lipinski definition) is 3. The molecule has 1 saturated heterocycles. The highest BCUT2D eigenvalue weighted by molar-refractivity contribution is 5.51. The molecule has 0 amide bonds. The molecule has 2 fully saturated rings. The van der Waals surface area contributed by atoms with E-state index in [9.17, 15) is 13.2 Å². The molecule has 0 bridgehead atoms. The van der Waals surface area contributed by atoms with Crippen molar-refractivity contribution < 1.29 is 13.2 Å². The minimum Gasteiger partial charge on any atom is -0.372 e. The fourth-order valence-electron chi connectivity index (χ4n) is 3.72. The molecule has 2 aliphatic rings. The molecule has 0 spiro atoms. The molecule has 1 aliphatic carbocycles. The van der Waals surface area contributed by atoms with E-state index in [0.717, 1.165) is 24.8 Å². The summed E-state index contributed by atoms with van der Waals surface area (Å²) < 4.78 is 38.9. The van der Waals surface area contributed by atoms with E-state index >= 15 is 0 Å². The van der Waals surface area contributed by atoms with Crippen LogP contribution in [-0.2, 0) is 6.18 Å². The quantitative estimate of drug-likeness (QED) is 0.765. The summed E-state index contributed by atoms with van der Waals surface area (Å²) >= 11 is 0. The number of anilines is 1. The van der Waals surface area contributed by atoms with Gasteiger partial charge in [0.15, 0.2) is 5.69 Å². The van der Waals surface area contributed by atoms with E-state index in [1.54, 1.807) is 12.1 Å². The first-order valence-electron chi connectivity index (χ1n) is 10.2. The Balaban J connectivity index is 0.000000271. The van der Waals surface area contributed by atoms with E-state index in [4.69, 9.17) is 5.73 Å². The predicted molar refractivity (Wildman–Crippen MR) is 106 cm³/mol. The average Bonchev–Trinajstić information content (AvgIpc) is 3.21. The second-order valence-corrected chi connectivity index (χ2v) is 7.61. The Morgan fingerprint density at radius 1 is 0.821 bits per heavy atom. The van der Waals surface area contributed by atoms with Gasteiger partial charge in [-0.05, 0) is 62.4 Å². The summed E-state index contributed by atoms with van der Waals surface area (Å²) in [6, 6.07) is 9.01.